The van der Waals surface area contributed by atoms with Gasteiger partial charge in [-0.25, -0.2) is 0 Å². The van der Waals surface area contributed by atoms with Crippen LogP contribution in [0.2, 0.25) is 0 Å². The quantitative estimate of drug-likeness (QED) is 0.869. The second-order valence-corrected chi connectivity index (χ2v) is 6.30. The minimum atomic E-state index is 0.730. The fourth-order valence-electron chi connectivity index (χ4n) is 2.59. The van der Waals surface area contributed by atoms with E-state index in [4.69, 9.17) is 5.26 Å². The normalized spacial score (nSPS) is 16.7. The third kappa shape index (κ3) is 3.88. The van der Waals surface area contributed by atoms with E-state index in [2.05, 4.69) is 33.0 Å². The summed E-state index contributed by atoms with van der Waals surface area (Å²) >= 11 is 1.73. The predicted molar refractivity (Wildman–Crippen MR) is 83.8 cm³/mol. The highest BCUT2D eigenvalue weighted by atomic mass is 32.1. The monoisotopic (exact) mass is 298 g/mol. The van der Waals surface area contributed by atoms with Crippen LogP contribution in [0.15, 0.2) is 36.0 Å². The van der Waals surface area contributed by atoms with E-state index >= 15 is 0 Å². The van der Waals surface area contributed by atoms with Crippen molar-refractivity contribution in [2.45, 2.75) is 13.1 Å². The number of benzene rings is 1. The van der Waals surface area contributed by atoms with Crippen LogP contribution in [0.1, 0.15) is 16.0 Å². The molecule has 2 heterocycles. The Morgan fingerprint density at radius 3 is 2.29 bits per heavy atom. The van der Waals surface area contributed by atoms with Gasteiger partial charge in [-0.15, -0.1) is 11.3 Å². The van der Waals surface area contributed by atoms with E-state index in [9.17, 15) is 0 Å². The van der Waals surface area contributed by atoms with E-state index in [1.54, 1.807) is 11.3 Å². The van der Waals surface area contributed by atoms with Crippen LogP contribution in [0.4, 0.5) is 0 Å². The molecule has 1 aromatic carbocycles. The molecule has 2 aromatic rings. The Labute approximate surface area is 129 Å². The van der Waals surface area contributed by atoms with Crippen molar-refractivity contribution < 1.29 is 0 Å². The molecule has 21 heavy (non-hydrogen) atoms. The van der Waals surface area contributed by atoms with Crippen molar-refractivity contribution in [3.63, 3.8) is 0 Å². The average molecular weight is 298 g/mol. The van der Waals surface area contributed by atoms with Gasteiger partial charge >= 0.3 is 0 Å². The van der Waals surface area contributed by atoms with Gasteiger partial charge in [0, 0.05) is 50.3 Å². The highest BCUT2D eigenvalue weighted by Crippen LogP contribution is 2.13. The van der Waals surface area contributed by atoms with Gasteiger partial charge in [-0.1, -0.05) is 12.1 Å². The zero-order valence-electron chi connectivity index (χ0n) is 11.9. The molecule has 3 rings (SSSR count). The van der Waals surface area contributed by atoms with Crippen LogP contribution in [-0.4, -0.2) is 41.0 Å². The van der Waals surface area contributed by atoms with Gasteiger partial charge < -0.3 is 0 Å². The molecule has 1 saturated heterocycles. The van der Waals surface area contributed by atoms with Crippen LogP contribution in [0, 0.1) is 11.3 Å². The molecule has 1 fully saturated rings. The van der Waals surface area contributed by atoms with Crippen molar-refractivity contribution in [1.29, 1.82) is 5.26 Å². The van der Waals surface area contributed by atoms with Crippen LogP contribution in [0.25, 0.3) is 0 Å². The Hall–Kier alpha value is -1.74. The Bertz CT molecular complexity index is 592. The fraction of sp³-hybridized carbons (Fsp3) is 0.375. The number of hydrogen-bond donors (Lipinski definition) is 0. The molecule has 5 heteroatoms. The van der Waals surface area contributed by atoms with Crippen LogP contribution in [0.3, 0.4) is 0 Å². The Balaban J connectivity index is 1.48. The Morgan fingerprint density at radius 1 is 1.05 bits per heavy atom. The zero-order chi connectivity index (χ0) is 14.5. The summed E-state index contributed by atoms with van der Waals surface area (Å²) in [6.45, 7) is 6.40. The number of thiazole rings is 1. The van der Waals surface area contributed by atoms with Gasteiger partial charge in [-0.2, -0.15) is 5.26 Å². The maximum Gasteiger partial charge on any atom is 0.0991 e. The second-order valence-electron chi connectivity index (χ2n) is 5.33. The number of rotatable bonds is 4. The number of aromatic nitrogens is 1. The molecule has 0 unspecified atom stereocenters. The lowest BCUT2D eigenvalue weighted by Gasteiger charge is -2.34. The topological polar surface area (TPSA) is 43.2 Å². The SMILES string of the molecule is N#Cc1ccc(CN2CCN(Cc3cncs3)CC2)cc1. The maximum absolute atomic E-state index is 8.82. The van der Waals surface area contributed by atoms with Gasteiger partial charge in [0.05, 0.1) is 17.1 Å². The number of piperazine rings is 1. The summed E-state index contributed by atoms with van der Waals surface area (Å²) < 4.78 is 0. The van der Waals surface area contributed by atoms with E-state index in [1.807, 2.05) is 23.8 Å². The molecular formula is C16H18N4S. The lowest BCUT2D eigenvalue weighted by Crippen LogP contribution is -2.45. The summed E-state index contributed by atoms with van der Waals surface area (Å²) in [5, 5.41) is 8.82. The Kier molecular flexibility index (Phi) is 4.61. The molecule has 0 bridgehead atoms. The van der Waals surface area contributed by atoms with Crippen LogP contribution >= 0.6 is 11.3 Å². The molecular weight excluding hydrogens is 280 g/mol. The highest BCUT2D eigenvalue weighted by Gasteiger charge is 2.17. The standard InChI is InChI=1S/C16H18N4S/c17-9-14-1-3-15(4-2-14)11-19-5-7-20(8-6-19)12-16-10-18-13-21-16/h1-4,10,13H,5-8,11-12H2. The molecule has 0 aliphatic carbocycles. The third-order valence-electron chi connectivity index (χ3n) is 3.82. The Morgan fingerprint density at radius 2 is 1.71 bits per heavy atom. The first-order chi connectivity index (χ1) is 10.3. The average Bonchev–Trinajstić information content (AvgIpc) is 3.03. The van der Waals surface area contributed by atoms with Crippen molar-refractivity contribution in [3.8, 4) is 6.07 Å². The molecule has 4 nitrogen and oxygen atoms in total. The van der Waals surface area contributed by atoms with E-state index < -0.39 is 0 Å². The summed E-state index contributed by atoms with van der Waals surface area (Å²) in [4.78, 5) is 10.4. The molecule has 1 aliphatic heterocycles. The van der Waals surface area contributed by atoms with Gasteiger partial charge in [-0.3, -0.25) is 14.8 Å². The minimum Gasteiger partial charge on any atom is -0.297 e. The van der Waals surface area contributed by atoms with Crippen molar-refractivity contribution in [2.75, 3.05) is 26.2 Å². The zero-order valence-corrected chi connectivity index (χ0v) is 12.7. The van der Waals surface area contributed by atoms with Gasteiger partial charge in [0.2, 0.25) is 0 Å². The highest BCUT2D eigenvalue weighted by molar-refractivity contribution is 7.09. The maximum atomic E-state index is 8.82. The minimum absolute atomic E-state index is 0.730. The summed E-state index contributed by atoms with van der Waals surface area (Å²) in [6, 6.07) is 10.1. The summed E-state index contributed by atoms with van der Waals surface area (Å²) in [7, 11) is 0. The fourth-order valence-corrected chi connectivity index (χ4v) is 3.22. The number of hydrogen-bond acceptors (Lipinski definition) is 5. The van der Waals surface area contributed by atoms with Gasteiger partial charge in [0.15, 0.2) is 0 Å². The van der Waals surface area contributed by atoms with Crippen LogP contribution < -0.4 is 0 Å². The van der Waals surface area contributed by atoms with Crippen LogP contribution in [0.5, 0.6) is 0 Å². The van der Waals surface area contributed by atoms with Crippen molar-refractivity contribution in [1.82, 2.24) is 14.8 Å². The number of nitrogens with zero attached hydrogens (tertiary/aromatic N) is 4. The molecule has 0 atom stereocenters. The molecule has 1 aromatic heterocycles. The first-order valence-corrected chi connectivity index (χ1v) is 8.02. The second kappa shape index (κ2) is 6.81. The van der Waals surface area contributed by atoms with Crippen molar-refractivity contribution in [2.24, 2.45) is 0 Å². The van der Waals surface area contributed by atoms with E-state index in [0.29, 0.717) is 0 Å². The molecule has 1 aliphatic rings. The molecule has 0 radical (unpaired) electrons. The van der Waals surface area contributed by atoms with E-state index in [1.165, 1.54) is 10.4 Å². The van der Waals surface area contributed by atoms with Crippen molar-refractivity contribution in [3.05, 3.63) is 52.0 Å². The lowest BCUT2D eigenvalue weighted by molar-refractivity contribution is 0.123. The number of nitriles is 1. The predicted octanol–water partition coefficient (Wildman–Crippen LogP) is 2.33. The molecule has 0 spiro atoms. The first-order valence-electron chi connectivity index (χ1n) is 7.14. The smallest absolute Gasteiger partial charge is 0.0991 e. The molecule has 0 saturated carbocycles. The lowest BCUT2D eigenvalue weighted by atomic mass is 10.1. The largest absolute Gasteiger partial charge is 0.297 e. The molecule has 108 valence electrons. The van der Waals surface area contributed by atoms with E-state index in [0.717, 1.165) is 44.8 Å². The van der Waals surface area contributed by atoms with Gasteiger partial charge in [0.1, 0.15) is 0 Å². The van der Waals surface area contributed by atoms with E-state index in [-0.39, 0.29) is 0 Å². The summed E-state index contributed by atoms with van der Waals surface area (Å²) in [5.74, 6) is 0. The van der Waals surface area contributed by atoms with Gasteiger partial charge in [0.25, 0.3) is 0 Å². The van der Waals surface area contributed by atoms with Gasteiger partial charge in [-0.05, 0) is 17.7 Å². The third-order valence-corrected chi connectivity index (χ3v) is 4.58. The van der Waals surface area contributed by atoms with Crippen molar-refractivity contribution >= 4 is 11.3 Å². The van der Waals surface area contributed by atoms with Crippen LogP contribution in [-0.2, 0) is 13.1 Å². The molecule has 0 N–H and O–H groups in total. The molecule has 0 amide bonds. The first kappa shape index (κ1) is 14.2. The summed E-state index contributed by atoms with van der Waals surface area (Å²) in [6.07, 6.45) is 1.97. The summed E-state index contributed by atoms with van der Waals surface area (Å²) in [5.41, 5.74) is 3.91.